The third-order valence-electron chi connectivity index (χ3n) is 4.75. The number of benzene rings is 3. The van der Waals surface area contributed by atoms with E-state index in [1.807, 2.05) is 44.2 Å². The summed E-state index contributed by atoms with van der Waals surface area (Å²) >= 11 is 0. The van der Waals surface area contributed by atoms with Crippen molar-refractivity contribution < 1.29 is 23.8 Å². The molecular formula is C26H26O5. The van der Waals surface area contributed by atoms with Crippen molar-refractivity contribution in [2.45, 2.75) is 32.8 Å². The Morgan fingerprint density at radius 2 is 1.55 bits per heavy atom. The Balaban J connectivity index is 1.55. The smallest absolute Gasteiger partial charge is 0.343 e. The molecule has 31 heavy (non-hydrogen) atoms. The largest absolute Gasteiger partial charge is 0.491 e. The number of hydrogen-bond acceptors (Lipinski definition) is 5. The van der Waals surface area contributed by atoms with Crippen LogP contribution in [-0.4, -0.2) is 24.6 Å². The molecule has 160 valence electrons. The molecule has 0 saturated heterocycles. The molecule has 0 amide bonds. The van der Waals surface area contributed by atoms with Gasteiger partial charge in [0.15, 0.2) is 0 Å². The second-order valence-corrected chi connectivity index (χ2v) is 7.15. The molecule has 0 spiro atoms. The molecule has 3 rings (SSSR count). The summed E-state index contributed by atoms with van der Waals surface area (Å²) in [4.78, 5) is 24.8. The van der Waals surface area contributed by atoms with E-state index in [4.69, 9.17) is 14.2 Å². The van der Waals surface area contributed by atoms with Crippen LogP contribution in [0.2, 0.25) is 0 Å². The van der Waals surface area contributed by atoms with Gasteiger partial charge in [-0.1, -0.05) is 43.3 Å². The van der Waals surface area contributed by atoms with Gasteiger partial charge in [0.1, 0.15) is 11.5 Å². The molecule has 1 atom stereocenters. The zero-order valence-electron chi connectivity index (χ0n) is 17.7. The normalized spacial score (nSPS) is 11.4. The topological polar surface area (TPSA) is 61.8 Å². The van der Waals surface area contributed by atoms with E-state index in [1.54, 1.807) is 42.5 Å². The lowest BCUT2D eigenvalue weighted by atomic mass is 10.2. The predicted molar refractivity (Wildman–Crippen MR) is 119 cm³/mol. The molecular weight excluding hydrogens is 392 g/mol. The van der Waals surface area contributed by atoms with Gasteiger partial charge in [0, 0.05) is 6.42 Å². The number of rotatable bonds is 9. The lowest BCUT2D eigenvalue weighted by molar-refractivity contribution is 0.0507. The Kier molecular flexibility index (Phi) is 7.82. The van der Waals surface area contributed by atoms with Crippen LogP contribution in [0.5, 0.6) is 11.5 Å². The minimum absolute atomic E-state index is 0.105. The van der Waals surface area contributed by atoms with Crippen molar-refractivity contribution in [1.29, 1.82) is 0 Å². The molecule has 0 radical (unpaired) electrons. The van der Waals surface area contributed by atoms with E-state index in [-0.39, 0.29) is 18.5 Å². The zero-order valence-corrected chi connectivity index (χ0v) is 17.7. The predicted octanol–water partition coefficient (Wildman–Crippen LogP) is 5.48. The van der Waals surface area contributed by atoms with Crippen LogP contribution in [-0.2, 0) is 11.2 Å². The van der Waals surface area contributed by atoms with Crippen LogP contribution >= 0.6 is 0 Å². The maximum Gasteiger partial charge on any atom is 0.343 e. The maximum atomic E-state index is 12.4. The van der Waals surface area contributed by atoms with E-state index in [2.05, 4.69) is 0 Å². The van der Waals surface area contributed by atoms with Crippen molar-refractivity contribution in [1.82, 2.24) is 0 Å². The van der Waals surface area contributed by atoms with Gasteiger partial charge in [-0.2, -0.15) is 0 Å². The lowest BCUT2D eigenvalue weighted by Crippen LogP contribution is -2.12. The van der Waals surface area contributed by atoms with Crippen molar-refractivity contribution in [3.8, 4) is 11.5 Å². The summed E-state index contributed by atoms with van der Waals surface area (Å²) < 4.78 is 16.5. The highest BCUT2D eigenvalue weighted by Crippen LogP contribution is 2.19. The number of esters is 2. The number of hydrogen-bond donors (Lipinski definition) is 0. The van der Waals surface area contributed by atoms with Crippen LogP contribution < -0.4 is 9.47 Å². The molecule has 0 aliphatic carbocycles. The Morgan fingerprint density at radius 1 is 0.806 bits per heavy atom. The summed E-state index contributed by atoms with van der Waals surface area (Å²) in [5.41, 5.74) is 1.82. The van der Waals surface area contributed by atoms with Crippen LogP contribution in [0.1, 0.15) is 46.5 Å². The minimum atomic E-state index is -0.510. The van der Waals surface area contributed by atoms with Crippen LogP contribution in [0, 0.1) is 0 Å². The quantitative estimate of drug-likeness (QED) is 0.340. The molecule has 5 heteroatoms. The highest BCUT2D eigenvalue weighted by molar-refractivity contribution is 5.92. The summed E-state index contributed by atoms with van der Waals surface area (Å²) in [5, 5.41) is 0. The Labute approximate surface area is 182 Å². The van der Waals surface area contributed by atoms with Crippen LogP contribution in [0.15, 0.2) is 78.9 Å². The molecule has 0 saturated carbocycles. The molecule has 5 nitrogen and oxygen atoms in total. The van der Waals surface area contributed by atoms with E-state index < -0.39 is 11.9 Å². The first kappa shape index (κ1) is 22.1. The molecule has 0 fully saturated rings. The lowest BCUT2D eigenvalue weighted by Gasteiger charge is -2.12. The zero-order chi connectivity index (χ0) is 22.1. The van der Waals surface area contributed by atoms with E-state index >= 15 is 0 Å². The Hall–Kier alpha value is -3.60. The summed E-state index contributed by atoms with van der Waals surface area (Å²) in [6.45, 7) is 4.31. The molecule has 0 bridgehead atoms. The highest BCUT2D eigenvalue weighted by Gasteiger charge is 2.13. The van der Waals surface area contributed by atoms with Gasteiger partial charge < -0.3 is 14.2 Å². The molecule has 0 aliphatic rings. The Morgan fingerprint density at radius 3 is 2.26 bits per heavy atom. The Bertz CT molecular complexity index is 996. The monoisotopic (exact) mass is 418 g/mol. The van der Waals surface area contributed by atoms with Gasteiger partial charge in [0.2, 0.25) is 0 Å². The van der Waals surface area contributed by atoms with E-state index in [1.165, 1.54) is 6.07 Å². The summed E-state index contributed by atoms with van der Waals surface area (Å²) in [6, 6.07) is 23.0. The SMILES string of the molecule is CCC(C)Oc1ccc(C(=O)Oc2cccc(C(=O)OCCc3ccccc3)c2)cc1. The summed E-state index contributed by atoms with van der Waals surface area (Å²) in [7, 11) is 0. The molecule has 0 N–H and O–H groups in total. The summed E-state index contributed by atoms with van der Waals surface area (Å²) in [6.07, 6.45) is 1.64. The van der Waals surface area contributed by atoms with Crippen LogP contribution in [0.3, 0.4) is 0 Å². The number of carbonyl (C=O) groups excluding carboxylic acids is 2. The molecule has 0 aromatic heterocycles. The highest BCUT2D eigenvalue weighted by atomic mass is 16.5. The second kappa shape index (κ2) is 11.0. The van der Waals surface area contributed by atoms with Gasteiger partial charge in [0.25, 0.3) is 0 Å². The average molecular weight is 418 g/mol. The minimum Gasteiger partial charge on any atom is -0.491 e. The first-order chi connectivity index (χ1) is 15.0. The van der Waals surface area contributed by atoms with E-state index in [9.17, 15) is 9.59 Å². The summed E-state index contributed by atoms with van der Waals surface area (Å²) in [5.74, 6) is 0.0126. The van der Waals surface area contributed by atoms with Crippen LogP contribution in [0.25, 0.3) is 0 Å². The van der Waals surface area contributed by atoms with Gasteiger partial charge in [-0.3, -0.25) is 0 Å². The molecule has 0 heterocycles. The van der Waals surface area contributed by atoms with Gasteiger partial charge in [0.05, 0.1) is 23.8 Å². The van der Waals surface area contributed by atoms with Crippen molar-refractivity contribution in [2.24, 2.45) is 0 Å². The third-order valence-corrected chi connectivity index (χ3v) is 4.75. The van der Waals surface area contributed by atoms with Crippen LogP contribution in [0.4, 0.5) is 0 Å². The van der Waals surface area contributed by atoms with Crippen molar-refractivity contribution in [3.63, 3.8) is 0 Å². The first-order valence-corrected chi connectivity index (χ1v) is 10.3. The second-order valence-electron chi connectivity index (χ2n) is 7.15. The molecule has 0 aliphatic heterocycles. The van der Waals surface area contributed by atoms with Crippen molar-refractivity contribution in [2.75, 3.05) is 6.61 Å². The fourth-order valence-corrected chi connectivity index (χ4v) is 2.83. The number of carbonyl (C=O) groups is 2. The van der Waals surface area contributed by atoms with Crippen molar-refractivity contribution in [3.05, 3.63) is 95.6 Å². The van der Waals surface area contributed by atoms with Gasteiger partial charge in [-0.25, -0.2) is 9.59 Å². The number of ether oxygens (including phenoxy) is 3. The fraction of sp³-hybridized carbons (Fsp3) is 0.231. The van der Waals surface area contributed by atoms with Crippen molar-refractivity contribution >= 4 is 11.9 Å². The van der Waals surface area contributed by atoms with Gasteiger partial charge in [-0.05, 0) is 61.4 Å². The molecule has 3 aromatic rings. The molecule has 1 unspecified atom stereocenters. The third kappa shape index (κ3) is 6.71. The van der Waals surface area contributed by atoms with Gasteiger partial charge in [-0.15, -0.1) is 0 Å². The standard InChI is InChI=1S/C26H26O5/c1-3-19(2)30-23-14-12-21(13-15-23)26(28)31-24-11-7-10-22(18-24)25(27)29-17-16-20-8-5-4-6-9-20/h4-15,18-19H,3,16-17H2,1-2H3. The maximum absolute atomic E-state index is 12.4. The molecule has 3 aromatic carbocycles. The van der Waals surface area contributed by atoms with E-state index in [0.717, 1.165) is 12.0 Å². The average Bonchev–Trinajstić information content (AvgIpc) is 2.80. The fourth-order valence-electron chi connectivity index (χ4n) is 2.83. The van der Waals surface area contributed by atoms with Gasteiger partial charge >= 0.3 is 11.9 Å². The van der Waals surface area contributed by atoms with E-state index in [0.29, 0.717) is 23.3 Å². The first-order valence-electron chi connectivity index (χ1n) is 10.3.